The fourth-order valence-corrected chi connectivity index (χ4v) is 4.23. The maximum absolute atomic E-state index is 13.8. The molecular formula is C22H24F4N2O6S. The smallest absolute Gasteiger partial charge is 0.475 e. The third kappa shape index (κ3) is 7.65. The number of halogens is 4. The number of carboxylic acid groups (broad SMARTS) is 1. The summed E-state index contributed by atoms with van der Waals surface area (Å²) >= 11 is 0. The Morgan fingerprint density at radius 1 is 1.09 bits per heavy atom. The maximum atomic E-state index is 13.8. The van der Waals surface area contributed by atoms with Crippen molar-refractivity contribution < 1.29 is 45.4 Å². The molecule has 1 aliphatic carbocycles. The lowest BCUT2D eigenvalue weighted by Crippen LogP contribution is -2.35. The Balaban J connectivity index is 0.000000540. The van der Waals surface area contributed by atoms with Crippen LogP contribution in [-0.4, -0.2) is 51.8 Å². The third-order valence-corrected chi connectivity index (χ3v) is 6.47. The second-order valence-electron chi connectivity index (χ2n) is 7.60. The normalized spacial score (nSPS) is 14.3. The molecule has 1 aliphatic rings. The summed E-state index contributed by atoms with van der Waals surface area (Å²) in [6.45, 7) is 1.14. The van der Waals surface area contributed by atoms with Gasteiger partial charge >= 0.3 is 12.1 Å². The van der Waals surface area contributed by atoms with Gasteiger partial charge in [0.15, 0.2) is 0 Å². The zero-order valence-electron chi connectivity index (χ0n) is 18.6. The number of carbonyl (C=O) groups excluding carboxylic acids is 1. The van der Waals surface area contributed by atoms with E-state index in [4.69, 9.17) is 14.6 Å². The Hall–Kier alpha value is -3.19. The van der Waals surface area contributed by atoms with E-state index in [0.717, 1.165) is 30.9 Å². The average molecular weight is 521 g/mol. The Kier molecular flexibility index (Phi) is 9.21. The van der Waals surface area contributed by atoms with Gasteiger partial charge in [-0.25, -0.2) is 17.6 Å². The van der Waals surface area contributed by atoms with Gasteiger partial charge in [0.25, 0.3) is 10.0 Å². The van der Waals surface area contributed by atoms with Crippen molar-refractivity contribution in [1.29, 1.82) is 0 Å². The summed E-state index contributed by atoms with van der Waals surface area (Å²) in [5, 5.41) is 10.1. The van der Waals surface area contributed by atoms with E-state index in [2.05, 4.69) is 10.0 Å². The van der Waals surface area contributed by atoms with Gasteiger partial charge in [-0.05, 0) is 49.1 Å². The Morgan fingerprint density at radius 2 is 1.66 bits per heavy atom. The fourth-order valence-electron chi connectivity index (χ4n) is 3.09. The predicted molar refractivity (Wildman–Crippen MR) is 118 cm³/mol. The van der Waals surface area contributed by atoms with Crippen LogP contribution in [0, 0.1) is 5.82 Å². The molecule has 3 N–H and O–H groups in total. The molecule has 192 valence electrons. The lowest BCUT2D eigenvalue weighted by molar-refractivity contribution is -0.192. The van der Waals surface area contributed by atoms with Gasteiger partial charge in [-0.1, -0.05) is 24.3 Å². The van der Waals surface area contributed by atoms with Crippen LogP contribution in [0.1, 0.15) is 24.8 Å². The number of carbonyl (C=O) groups is 2. The number of benzene rings is 2. The van der Waals surface area contributed by atoms with E-state index in [1.807, 2.05) is 0 Å². The molecule has 0 unspecified atom stereocenters. The summed E-state index contributed by atoms with van der Waals surface area (Å²) < 4.78 is 77.6. The number of methoxy groups -OCH3 is 1. The minimum atomic E-state index is -5.08. The summed E-state index contributed by atoms with van der Waals surface area (Å²) in [6.07, 6.45) is -2.83. The van der Waals surface area contributed by atoms with Gasteiger partial charge in [0.1, 0.15) is 10.7 Å². The Morgan fingerprint density at radius 3 is 2.14 bits per heavy atom. The number of aliphatic carboxylic acids is 1. The molecule has 3 rings (SSSR count). The first kappa shape index (κ1) is 28.1. The van der Waals surface area contributed by atoms with Crippen molar-refractivity contribution in [1.82, 2.24) is 5.32 Å². The summed E-state index contributed by atoms with van der Waals surface area (Å²) in [5.41, 5.74) is 0.601. The highest BCUT2D eigenvalue weighted by Crippen LogP contribution is 2.48. The zero-order chi connectivity index (χ0) is 26.3. The molecule has 2 aromatic carbocycles. The van der Waals surface area contributed by atoms with E-state index in [1.165, 1.54) is 18.2 Å². The molecule has 1 fully saturated rings. The molecular weight excluding hydrogens is 496 g/mol. The number of hydrogen-bond donors (Lipinski definition) is 3. The SMILES string of the molecule is COCCCNC(=O)C1(c2ccc(NS(=O)(=O)c3ccccc3F)cc2)CC1.O=C(O)C(F)(F)F. The van der Waals surface area contributed by atoms with Gasteiger partial charge in [-0.2, -0.15) is 13.2 Å². The largest absolute Gasteiger partial charge is 0.490 e. The number of amides is 1. The van der Waals surface area contributed by atoms with Crippen molar-refractivity contribution in [3.8, 4) is 0 Å². The van der Waals surface area contributed by atoms with E-state index in [-0.39, 0.29) is 5.91 Å². The van der Waals surface area contributed by atoms with Crippen LogP contribution in [0.5, 0.6) is 0 Å². The summed E-state index contributed by atoms with van der Waals surface area (Å²) in [5.74, 6) is -3.59. The molecule has 2 aromatic rings. The van der Waals surface area contributed by atoms with Gasteiger partial charge in [-0.3, -0.25) is 9.52 Å². The number of anilines is 1. The number of sulfonamides is 1. The first-order valence-electron chi connectivity index (χ1n) is 10.3. The van der Waals surface area contributed by atoms with Crippen LogP contribution in [0.15, 0.2) is 53.4 Å². The molecule has 1 saturated carbocycles. The first-order valence-corrected chi connectivity index (χ1v) is 11.8. The number of rotatable bonds is 9. The number of carboxylic acids is 1. The highest BCUT2D eigenvalue weighted by molar-refractivity contribution is 7.92. The van der Waals surface area contributed by atoms with E-state index >= 15 is 0 Å². The molecule has 0 heterocycles. The van der Waals surface area contributed by atoms with Crippen molar-refractivity contribution in [2.24, 2.45) is 0 Å². The predicted octanol–water partition coefficient (Wildman–Crippen LogP) is 3.44. The Bertz CT molecular complexity index is 1130. The number of ether oxygens (including phenoxy) is 1. The topological polar surface area (TPSA) is 122 Å². The summed E-state index contributed by atoms with van der Waals surface area (Å²) in [7, 11) is -2.41. The van der Waals surface area contributed by atoms with E-state index < -0.39 is 38.3 Å². The molecule has 0 bridgehead atoms. The first-order chi connectivity index (χ1) is 16.3. The van der Waals surface area contributed by atoms with Gasteiger partial charge < -0.3 is 15.2 Å². The van der Waals surface area contributed by atoms with Crippen LogP contribution in [0.2, 0.25) is 0 Å². The maximum Gasteiger partial charge on any atom is 0.490 e. The van der Waals surface area contributed by atoms with E-state index in [9.17, 15) is 30.8 Å². The second kappa shape index (κ2) is 11.5. The van der Waals surface area contributed by atoms with Crippen LogP contribution < -0.4 is 10.0 Å². The van der Waals surface area contributed by atoms with E-state index in [1.54, 1.807) is 31.4 Å². The van der Waals surface area contributed by atoms with Gasteiger partial charge in [0.2, 0.25) is 5.91 Å². The summed E-state index contributed by atoms with van der Waals surface area (Å²) in [6, 6.07) is 11.8. The molecule has 13 heteroatoms. The fraction of sp³-hybridized carbons (Fsp3) is 0.364. The number of alkyl halides is 3. The molecule has 0 spiro atoms. The van der Waals surface area contributed by atoms with Crippen molar-refractivity contribution in [2.45, 2.75) is 35.7 Å². The monoisotopic (exact) mass is 520 g/mol. The van der Waals surface area contributed by atoms with Crippen molar-refractivity contribution in [2.75, 3.05) is 25.0 Å². The Labute approximate surface area is 199 Å². The van der Waals surface area contributed by atoms with Crippen LogP contribution in [0.4, 0.5) is 23.2 Å². The highest BCUT2D eigenvalue weighted by Gasteiger charge is 2.51. The van der Waals surface area contributed by atoms with Crippen molar-refractivity contribution >= 4 is 27.6 Å². The molecule has 0 aliphatic heterocycles. The highest BCUT2D eigenvalue weighted by atomic mass is 32.2. The van der Waals surface area contributed by atoms with Crippen molar-refractivity contribution in [3.05, 3.63) is 59.9 Å². The summed E-state index contributed by atoms with van der Waals surface area (Å²) in [4.78, 5) is 21.0. The molecule has 1 amide bonds. The van der Waals surface area contributed by atoms with Crippen LogP contribution in [-0.2, 0) is 29.8 Å². The second-order valence-corrected chi connectivity index (χ2v) is 9.25. The van der Waals surface area contributed by atoms with Crippen LogP contribution in [0.25, 0.3) is 0 Å². The quantitative estimate of drug-likeness (QED) is 0.344. The minimum Gasteiger partial charge on any atom is -0.475 e. The lowest BCUT2D eigenvalue weighted by atomic mass is 9.95. The standard InChI is InChI=1S/C20H23FN2O4S.C2HF3O2/c1-27-14-4-13-22-19(24)20(11-12-20)15-7-9-16(10-8-15)23-28(25,26)18-6-3-2-5-17(18)21;3-2(4,5)1(6)7/h2-3,5-10,23H,4,11-14H2,1H3,(H,22,24);(H,6,7). The third-order valence-electron chi connectivity index (χ3n) is 5.05. The van der Waals surface area contributed by atoms with Gasteiger partial charge in [0.05, 0.1) is 5.41 Å². The molecule has 0 radical (unpaired) electrons. The molecule has 8 nitrogen and oxygen atoms in total. The zero-order valence-corrected chi connectivity index (χ0v) is 19.4. The van der Waals surface area contributed by atoms with Crippen molar-refractivity contribution in [3.63, 3.8) is 0 Å². The van der Waals surface area contributed by atoms with Crippen LogP contribution in [0.3, 0.4) is 0 Å². The lowest BCUT2D eigenvalue weighted by Gasteiger charge is -2.16. The van der Waals surface area contributed by atoms with Crippen LogP contribution >= 0.6 is 0 Å². The molecule has 35 heavy (non-hydrogen) atoms. The average Bonchev–Trinajstić information content (AvgIpc) is 3.59. The molecule has 0 saturated heterocycles. The molecule has 0 aromatic heterocycles. The minimum absolute atomic E-state index is 0.0247. The van der Waals surface area contributed by atoms with Gasteiger partial charge in [-0.15, -0.1) is 0 Å². The number of nitrogens with one attached hydrogen (secondary N) is 2. The number of hydrogen-bond acceptors (Lipinski definition) is 5. The van der Waals surface area contributed by atoms with E-state index in [0.29, 0.717) is 18.8 Å². The van der Waals surface area contributed by atoms with Gasteiger partial charge in [0, 0.05) is 25.9 Å². The molecule has 0 atom stereocenters.